The highest BCUT2D eigenvalue weighted by Gasteiger charge is 2.33. The monoisotopic (exact) mass is 449 g/mol. The second-order valence-electron chi connectivity index (χ2n) is 7.63. The molecule has 2 amide bonds. The van der Waals surface area contributed by atoms with Crippen molar-refractivity contribution in [1.82, 2.24) is 15.5 Å². The molecular weight excluding hydrogens is 423 g/mol. The zero-order chi connectivity index (χ0) is 23.1. The van der Waals surface area contributed by atoms with Crippen molar-refractivity contribution in [3.8, 4) is 5.75 Å². The van der Waals surface area contributed by atoms with Gasteiger partial charge in [0.1, 0.15) is 5.75 Å². The number of amides is 2. The van der Waals surface area contributed by atoms with Crippen LogP contribution in [0.25, 0.3) is 0 Å². The molecule has 32 heavy (non-hydrogen) atoms. The van der Waals surface area contributed by atoms with Crippen molar-refractivity contribution >= 4 is 11.8 Å². The van der Waals surface area contributed by atoms with Crippen molar-refractivity contribution in [1.29, 1.82) is 0 Å². The summed E-state index contributed by atoms with van der Waals surface area (Å²) in [5.41, 5.74) is 0.715. The molecule has 0 spiro atoms. The average Bonchev–Trinajstić information content (AvgIpc) is 2.76. The van der Waals surface area contributed by atoms with E-state index in [0.717, 1.165) is 23.4 Å². The molecule has 2 aromatic carbocycles. The van der Waals surface area contributed by atoms with E-state index in [4.69, 9.17) is 4.74 Å². The SMILES string of the molecule is COc1cccc(CCNC(=O)CC2C(=O)NCCN2Cc2cccc(C(F)(F)F)c2)c1. The lowest BCUT2D eigenvalue weighted by Gasteiger charge is -2.34. The fourth-order valence-corrected chi connectivity index (χ4v) is 3.68. The van der Waals surface area contributed by atoms with Gasteiger partial charge in [-0.05, 0) is 35.7 Å². The molecule has 0 bridgehead atoms. The predicted molar refractivity (Wildman–Crippen MR) is 113 cm³/mol. The Morgan fingerprint density at radius 3 is 2.69 bits per heavy atom. The number of nitrogens with zero attached hydrogens (tertiary/aromatic N) is 1. The minimum absolute atomic E-state index is 0.0666. The molecule has 0 radical (unpaired) electrons. The lowest BCUT2D eigenvalue weighted by molar-refractivity contribution is -0.137. The van der Waals surface area contributed by atoms with E-state index in [2.05, 4.69) is 10.6 Å². The maximum atomic E-state index is 13.0. The van der Waals surface area contributed by atoms with Crippen LogP contribution in [-0.4, -0.2) is 49.5 Å². The number of carbonyl (C=O) groups excluding carboxylic acids is 2. The summed E-state index contributed by atoms with van der Waals surface area (Å²) in [5, 5.41) is 5.54. The van der Waals surface area contributed by atoms with Crippen LogP contribution in [0.1, 0.15) is 23.1 Å². The second-order valence-corrected chi connectivity index (χ2v) is 7.63. The first kappa shape index (κ1) is 23.6. The highest BCUT2D eigenvalue weighted by atomic mass is 19.4. The fraction of sp³-hybridized carbons (Fsp3) is 0.391. The number of hydrogen-bond donors (Lipinski definition) is 2. The molecule has 1 aliphatic rings. The third-order valence-electron chi connectivity index (χ3n) is 5.33. The number of hydrogen-bond acceptors (Lipinski definition) is 4. The van der Waals surface area contributed by atoms with Crippen LogP contribution in [0.3, 0.4) is 0 Å². The van der Waals surface area contributed by atoms with Crippen molar-refractivity contribution in [3.63, 3.8) is 0 Å². The third kappa shape index (κ3) is 6.46. The van der Waals surface area contributed by atoms with Gasteiger partial charge in [0.05, 0.1) is 25.1 Å². The van der Waals surface area contributed by atoms with Crippen LogP contribution in [0.4, 0.5) is 13.2 Å². The zero-order valence-corrected chi connectivity index (χ0v) is 17.7. The minimum atomic E-state index is -4.43. The number of methoxy groups -OCH3 is 1. The molecule has 0 saturated carbocycles. The molecule has 0 aliphatic carbocycles. The van der Waals surface area contributed by atoms with E-state index in [-0.39, 0.29) is 24.8 Å². The Morgan fingerprint density at radius 1 is 1.19 bits per heavy atom. The van der Waals surface area contributed by atoms with Crippen LogP contribution in [-0.2, 0) is 28.7 Å². The van der Waals surface area contributed by atoms with Gasteiger partial charge >= 0.3 is 6.18 Å². The van der Waals surface area contributed by atoms with Crippen LogP contribution < -0.4 is 15.4 Å². The number of benzene rings is 2. The van der Waals surface area contributed by atoms with Crippen LogP contribution in [0.15, 0.2) is 48.5 Å². The zero-order valence-electron chi connectivity index (χ0n) is 17.7. The molecule has 9 heteroatoms. The van der Waals surface area contributed by atoms with Crippen LogP contribution in [0.5, 0.6) is 5.75 Å². The Labute approximate surface area is 184 Å². The van der Waals surface area contributed by atoms with E-state index in [1.807, 2.05) is 24.3 Å². The van der Waals surface area contributed by atoms with Gasteiger partial charge in [-0.15, -0.1) is 0 Å². The predicted octanol–water partition coefficient (Wildman–Crippen LogP) is 2.76. The maximum absolute atomic E-state index is 13.0. The van der Waals surface area contributed by atoms with E-state index in [9.17, 15) is 22.8 Å². The Bertz CT molecular complexity index is 949. The quantitative estimate of drug-likeness (QED) is 0.650. The number of alkyl halides is 3. The standard InChI is InChI=1S/C23H26F3N3O3/c1-32-19-7-3-4-16(13-19)8-9-27-21(30)14-20-22(31)28-10-11-29(20)15-17-5-2-6-18(12-17)23(24,25)26/h2-7,12-13,20H,8-11,14-15H2,1H3,(H,27,30)(H,28,31). The molecule has 1 unspecified atom stereocenters. The summed E-state index contributed by atoms with van der Waals surface area (Å²) in [4.78, 5) is 26.6. The van der Waals surface area contributed by atoms with E-state index in [0.29, 0.717) is 31.6 Å². The van der Waals surface area contributed by atoms with Gasteiger partial charge < -0.3 is 15.4 Å². The summed E-state index contributed by atoms with van der Waals surface area (Å²) in [6.07, 6.45) is -3.89. The van der Waals surface area contributed by atoms with Gasteiger partial charge in [-0.2, -0.15) is 13.2 Å². The van der Waals surface area contributed by atoms with E-state index < -0.39 is 17.8 Å². The molecule has 1 atom stereocenters. The fourth-order valence-electron chi connectivity index (χ4n) is 3.68. The van der Waals surface area contributed by atoms with Gasteiger partial charge in [-0.1, -0.05) is 30.3 Å². The van der Waals surface area contributed by atoms with E-state index in [1.54, 1.807) is 18.1 Å². The molecule has 0 aromatic heterocycles. The van der Waals surface area contributed by atoms with Gasteiger partial charge in [0.15, 0.2) is 0 Å². The molecule has 6 nitrogen and oxygen atoms in total. The summed E-state index contributed by atoms with van der Waals surface area (Å²) in [5.74, 6) is 0.146. The number of carbonyl (C=O) groups is 2. The van der Waals surface area contributed by atoms with Crippen molar-refractivity contribution in [2.75, 3.05) is 26.7 Å². The van der Waals surface area contributed by atoms with Crippen molar-refractivity contribution in [2.45, 2.75) is 31.6 Å². The van der Waals surface area contributed by atoms with Gasteiger partial charge in [-0.3, -0.25) is 14.5 Å². The van der Waals surface area contributed by atoms with E-state index >= 15 is 0 Å². The Morgan fingerprint density at radius 2 is 1.94 bits per heavy atom. The van der Waals surface area contributed by atoms with Crippen LogP contribution in [0.2, 0.25) is 0 Å². The molecule has 172 valence electrons. The molecule has 3 rings (SSSR count). The average molecular weight is 449 g/mol. The number of nitrogens with one attached hydrogen (secondary N) is 2. The van der Waals surface area contributed by atoms with Crippen LogP contribution >= 0.6 is 0 Å². The summed E-state index contributed by atoms with van der Waals surface area (Å²) >= 11 is 0. The maximum Gasteiger partial charge on any atom is 0.416 e. The van der Waals surface area contributed by atoms with Crippen molar-refractivity contribution < 1.29 is 27.5 Å². The van der Waals surface area contributed by atoms with Gasteiger partial charge in [-0.25, -0.2) is 0 Å². The largest absolute Gasteiger partial charge is 0.497 e. The first-order valence-electron chi connectivity index (χ1n) is 10.3. The minimum Gasteiger partial charge on any atom is -0.497 e. The Kier molecular flexibility index (Phi) is 7.74. The second kappa shape index (κ2) is 10.5. The highest BCUT2D eigenvalue weighted by Crippen LogP contribution is 2.30. The van der Waals surface area contributed by atoms with Crippen LogP contribution in [0, 0.1) is 0 Å². The number of rotatable bonds is 8. The third-order valence-corrected chi connectivity index (χ3v) is 5.33. The normalized spacial score (nSPS) is 17.0. The lowest BCUT2D eigenvalue weighted by Crippen LogP contribution is -2.56. The Hall–Kier alpha value is -3.07. The van der Waals surface area contributed by atoms with Crippen molar-refractivity contribution in [2.24, 2.45) is 0 Å². The smallest absolute Gasteiger partial charge is 0.416 e. The van der Waals surface area contributed by atoms with E-state index in [1.165, 1.54) is 6.07 Å². The van der Waals surface area contributed by atoms with Gasteiger partial charge in [0, 0.05) is 26.2 Å². The van der Waals surface area contributed by atoms with Gasteiger partial charge in [0.2, 0.25) is 11.8 Å². The topological polar surface area (TPSA) is 70.7 Å². The molecule has 1 saturated heterocycles. The molecule has 2 N–H and O–H groups in total. The molecule has 1 fully saturated rings. The Balaban J connectivity index is 1.58. The lowest BCUT2D eigenvalue weighted by atomic mass is 10.0. The van der Waals surface area contributed by atoms with Crippen molar-refractivity contribution in [3.05, 3.63) is 65.2 Å². The number of ether oxygens (including phenoxy) is 1. The first-order valence-corrected chi connectivity index (χ1v) is 10.3. The summed E-state index contributed by atoms with van der Waals surface area (Å²) in [6, 6.07) is 11.8. The number of piperazine rings is 1. The highest BCUT2D eigenvalue weighted by molar-refractivity contribution is 5.88. The van der Waals surface area contributed by atoms with Gasteiger partial charge in [0.25, 0.3) is 0 Å². The summed E-state index contributed by atoms with van der Waals surface area (Å²) in [7, 11) is 1.58. The molecule has 1 aliphatic heterocycles. The molecular formula is C23H26F3N3O3. The first-order chi connectivity index (χ1) is 15.3. The number of halogens is 3. The molecule has 2 aromatic rings. The summed E-state index contributed by atoms with van der Waals surface area (Å²) in [6.45, 7) is 1.38. The molecule has 1 heterocycles. The summed E-state index contributed by atoms with van der Waals surface area (Å²) < 4.78 is 44.2.